The SMILES string of the molecule is Cc1cc(C)c(-c2nc(CN)c(C)[nH]2)cc1C(=O)N1CCC(c2ccc(C#N)cc2)CC1. The number of imidazole rings is 1. The van der Waals surface area contributed by atoms with E-state index in [4.69, 9.17) is 11.0 Å². The van der Waals surface area contributed by atoms with Gasteiger partial charge < -0.3 is 15.6 Å². The van der Waals surface area contributed by atoms with Crippen molar-refractivity contribution in [3.05, 3.63) is 75.6 Å². The van der Waals surface area contributed by atoms with Gasteiger partial charge in [0.1, 0.15) is 5.82 Å². The summed E-state index contributed by atoms with van der Waals surface area (Å²) in [4.78, 5) is 23.3. The lowest BCUT2D eigenvalue weighted by Gasteiger charge is -2.32. The maximum absolute atomic E-state index is 13.4. The van der Waals surface area contributed by atoms with Crippen LogP contribution < -0.4 is 5.73 Å². The third kappa shape index (κ3) is 4.17. The molecule has 0 unspecified atom stereocenters. The number of rotatable bonds is 4. The molecule has 0 saturated carbocycles. The average Bonchev–Trinajstić information content (AvgIpc) is 3.19. The molecule has 164 valence electrons. The number of nitrogens with zero attached hydrogens (tertiary/aromatic N) is 3. The number of nitrogens with two attached hydrogens (primary N) is 1. The van der Waals surface area contributed by atoms with E-state index in [2.05, 4.69) is 22.1 Å². The van der Waals surface area contributed by atoms with E-state index < -0.39 is 0 Å². The Bertz CT molecular complexity index is 1180. The van der Waals surface area contributed by atoms with E-state index in [1.54, 1.807) is 0 Å². The van der Waals surface area contributed by atoms with E-state index in [0.29, 0.717) is 18.0 Å². The van der Waals surface area contributed by atoms with E-state index in [1.807, 2.05) is 56.0 Å². The van der Waals surface area contributed by atoms with Gasteiger partial charge >= 0.3 is 0 Å². The quantitative estimate of drug-likeness (QED) is 0.646. The fraction of sp³-hybridized carbons (Fsp3) is 0.346. The summed E-state index contributed by atoms with van der Waals surface area (Å²) in [6.45, 7) is 7.83. The molecule has 2 aromatic carbocycles. The number of amides is 1. The summed E-state index contributed by atoms with van der Waals surface area (Å²) < 4.78 is 0. The van der Waals surface area contributed by atoms with Crippen LogP contribution in [0.15, 0.2) is 36.4 Å². The Morgan fingerprint density at radius 2 is 1.84 bits per heavy atom. The first-order valence-corrected chi connectivity index (χ1v) is 11.1. The molecule has 1 aliphatic heterocycles. The minimum absolute atomic E-state index is 0.0735. The Hall–Kier alpha value is -3.43. The molecular formula is C26H29N5O. The van der Waals surface area contributed by atoms with Crippen LogP contribution in [0.25, 0.3) is 11.4 Å². The van der Waals surface area contributed by atoms with Gasteiger partial charge in [0, 0.05) is 36.5 Å². The zero-order chi connectivity index (χ0) is 22.8. The molecule has 0 spiro atoms. The molecule has 1 amide bonds. The molecule has 1 fully saturated rings. The molecule has 0 bridgehead atoms. The smallest absolute Gasteiger partial charge is 0.254 e. The summed E-state index contributed by atoms with van der Waals surface area (Å²) in [5.74, 6) is 1.25. The molecule has 1 aliphatic rings. The Labute approximate surface area is 189 Å². The maximum Gasteiger partial charge on any atom is 0.254 e. The first-order chi connectivity index (χ1) is 15.4. The Morgan fingerprint density at radius 1 is 1.16 bits per heavy atom. The standard InChI is InChI=1S/C26H29N5O/c1-16-12-17(2)23(13-22(16)25-29-18(3)24(15-28)30-25)26(32)31-10-8-21(9-11-31)20-6-4-19(14-27)5-7-20/h4-7,12-13,21H,8-11,15,28H2,1-3H3,(H,29,30). The van der Waals surface area contributed by atoms with Gasteiger partial charge in [0.2, 0.25) is 0 Å². The average molecular weight is 428 g/mol. The minimum Gasteiger partial charge on any atom is -0.342 e. The number of aryl methyl sites for hydroxylation is 3. The van der Waals surface area contributed by atoms with E-state index in [1.165, 1.54) is 5.56 Å². The van der Waals surface area contributed by atoms with Gasteiger partial charge in [-0.3, -0.25) is 4.79 Å². The van der Waals surface area contributed by atoms with Gasteiger partial charge in [-0.1, -0.05) is 18.2 Å². The summed E-state index contributed by atoms with van der Waals surface area (Å²) >= 11 is 0. The van der Waals surface area contributed by atoms with Crippen LogP contribution in [0.1, 0.15) is 62.8 Å². The third-order valence-corrected chi connectivity index (χ3v) is 6.53. The summed E-state index contributed by atoms with van der Waals surface area (Å²) in [6.07, 6.45) is 1.85. The lowest BCUT2D eigenvalue weighted by atomic mass is 9.88. The van der Waals surface area contributed by atoms with Gasteiger partial charge in [-0.25, -0.2) is 4.98 Å². The van der Waals surface area contributed by atoms with Crippen LogP contribution in [0.2, 0.25) is 0 Å². The van der Waals surface area contributed by atoms with Crippen molar-refractivity contribution < 1.29 is 4.79 Å². The number of aromatic amines is 1. The van der Waals surface area contributed by atoms with Gasteiger partial charge in [-0.15, -0.1) is 0 Å². The number of benzene rings is 2. The van der Waals surface area contributed by atoms with Crippen molar-refractivity contribution in [2.75, 3.05) is 13.1 Å². The summed E-state index contributed by atoms with van der Waals surface area (Å²) in [5, 5.41) is 9.00. The molecule has 1 aromatic heterocycles. The number of carbonyl (C=O) groups is 1. The number of nitrogens with one attached hydrogen (secondary N) is 1. The molecule has 0 aliphatic carbocycles. The molecule has 6 nitrogen and oxygen atoms in total. The largest absolute Gasteiger partial charge is 0.342 e. The topological polar surface area (TPSA) is 98.8 Å². The van der Waals surface area contributed by atoms with Crippen molar-refractivity contribution in [2.24, 2.45) is 5.73 Å². The second-order valence-electron chi connectivity index (χ2n) is 8.64. The summed E-state index contributed by atoms with van der Waals surface area (Å²) in [6, 6.07) is 14.0. The number of H-pyrrole nitrogens is 1. The van der Waals surface area contributed by atoms with Crippen molar-refractivity contribution in [3.63, 3.8) is 0 Å². The molecular weight excluding hydrogens is 398 g/mol. The molecule has 4 rings (SSSR count). The Balaban J connectivity index is 1.52. The second-order valence-corrected chi connectivity index (χ2v) is 8.64. The third-order valence-electron chi connectivity index (χ3n) is 6.53. The normalized spacial score (nSPS) is 14.4. The molecule has 2 heterocycles. The maximum atomic E-state index is 13.4. The van der Waals surface area contributed by atoms with Gasteiger partial charge in [0.15, 0.2) is 0 Å². The van der Waals surface area contributed by atoms with E-state index in [9.17, 15) is 4.79 Å². The summed E-state index contributed by atoms with van der Waals surface area (Å²) in [5.41, 5.74) is 13.2. The van der Waals surface area contributed by atoms with Gasteiger partial charge in [0.05, 0.1) is 17.3 Å². The van der Waals surface area contributed by atoms with Gasteiger partial charge in [-0.2, -0.15) is 5.26 Å². The molecule has 3 aromatic rings. The van der Waals surface area contributed by atoms with Crippen LogP contribution in [0, 0.1) is 32.1 Å². The number of nitriles is 1. The van der Waals surface area contributed by atoms with Crippen LogP contribution in [0.3, 0.4) is 0 Å². The van der Waals surface area contributed by atoms with Crippen molar-refractivity contribution >= 4 is 5.91 Å². The highest BCUT2D eigenvalue weighted by atomic mass is 16.2. The zero-order valence-corrected chi connectivity index (χ0v) is 18.9. The van der Waals surface area contributed by atoms with Gasteiger partial charge in [0.25, 0.3) is 5.91 Å². The highest BCUT2D eigenvalue weighted by Crippen LogP contribution is 2.31. The molecule has 6 heteroatoms. The number of likely N-dealkylation sites (tertiary alicyclic amines) is 1. The van der Waals surface area contributed by atoms with E-state index >= 15 is 0 Å². The van der Waals surface area contributed by atoms with Crippen molar-refractivity contribution in [3.8, 4) is 17.5 Å². The Kier molecular flexibility index (Phi) is 6.11. The molecule has 0 radical (unpaired) electrons. The highest BCUT2D eigenvalue weighted by Gasteiger charge is 2.26. The number of hydrogen-bond acceptors (Lipinski definition) is 4. The number of hydrogen-bond donors (Lipinski definition) is 2. The van der Waals surface area contributed by atoms with Crippen molar-refractivity contribution in [2.45, 2.75) is 46.1 Å². The first kappa shape index (κ1) is 21.8. The molecule has 1 saturated heterocycles. The van der Waals surface area contributed by atoms with Crippen LogP contribution in [0.4, 0.5) is 0 Å². The highest BCUT2D eigenvalue weighted by molar-refractivity contribution is 5.97. The van der Waals surface area contributed by atoms with E-state index in [0.717, 1.165) is 65.4 Å². The lowest BCUT2D eigenvalue weighted by Crippen LogP contribution is -2.38. The van der Waals surface area contributed by atoms with Crippen LogP contribution >= 0.6 is 0 Å². The van der Waals surface area contributed by atoms with Crippen LogP contribution in [0.5, 0.6) is 0 Å². The summed E-state index contributed by atoms with van der Waals surface area (Å²) in [7, 11) is 0. The van der Waals surface area contributed by atoms with E-state index in [-0.39, 0.29) is 5.91 Å². The predicted octanol–water partition coefficient (Wildman–Crippen LogP) is 4.35. The lowest BCUT2D eigenvalue weighted by molar-refractivity contribution is 0.0712. The number of piperidine rings is 1. The van der Waals surface area contributed by atoms with Crippen molar-refractivity contribution in [1.29, 1.82) is 5.26 Å². The molecule has 3 N–H and O–H groups in total. The van der Waals surface area contributed by atoms with Gasteiger partial charge in [-0.05, 0) is 74.4 Å². The second kappa shape index (κ2) is 8.97. The molecule has 32 heavy (non-hydrogen) atoms. The van der Waals surface area contributed by atoms with Crippen molar-refractivity contribution in [1.82, 2.24) is 14.9 Å². The number of aromatic nitrogens is 2. The monoisotopic (exact) mass is 427 g/mol. The Morgan fingerprint density at radius 3 is 2.44 bits per heavy atom. The van der Waals surface area contributed by atoms with Crippen LogP contribution in [-0.4, -0.2) is 33.9 Å². The number of carbonyl (C=O) groups excluding carboxylic acids is 1. The minimum atomic E-state index is 0.0735. The fourth-order valence-corrected chi connectivity index (χ4v) is 4.58. The fourth-order valence-electron chi connectivity index (χ4n) is 4.58. The molecule has 0 atom stereocenters. The zero-order valence-electron chi connectivity index (χ0n) is 18.9. The van der Waals surface area contributed by atoms with Crippen LogP contribution in [-0.2, 0) is 6.54 Å². The first-order valence-electron chi connectivity index (χ1n) is 11.1. The predicted molar refractivity (Wildman–Crippen MR) is 125 cm³/mol.